The highest BCUT2D eigenvalue weighted by Gasteiger charge is 2.32. The first-order valence-corrected chi connectivity index (χ1v) is 8.95. The number of carbonyl (C=O) groups excluding carboxylic acids is 2. The highest BCUT2D eigenvalue weighted by Crippen LogP contribution is 2.23. The Balaban J connectivity index is 1.69. The minimum atomic E-state index is -0.237. The van der Waals surface area contributed by atoms with Gasteiger partial charge in [-0.15, -0.1) is 0 Å². The summed E-state index contributed by atoms with van der Waals surface area (Å²) in [6.07, 6.45) is 3.67. The van der Waals surface area contributed by atoms with E-state index in [0.717, 1.165) is 24.0 Å². The average molecular weight is 344 g/mol. The number of hydrogen-bond donors (Lipinski definition) is 0. The van der Waals surface area contributed by atoms with Gasteiger partial charge in [0.1, 0.15) is 5.83 Å². The summed E-state index contributed by atoms with van der Waals surface area (Å²) >= 11 is 0. The van der Waals surface area contributed by atoms with Crippen LogP contribution in [0.4, 0.5) is 4.39 Å². The van der Waals surface area contributed by atoms with Gasteiger partial charge in [0, 0.05) is 25.2 Å². The van der Waals surface area contributed by atoms with Gasteiger partial charge < -0.3 is 9.80 Å². The second kappa shape index (κ2) is 7.38. The molecule has 134 valence electrons. The van der Waals surface area contributed by atoms with Crippen molar-refractivity contribution in [2.24, 2.45) is 5.92 Å². The van der Waals surface area contributed by atoms with Crippen molar-refractivity contribution in [1.82, 2.24) is 9.80 Å². The summed E-state index contributed by atoms with van der Waals surface area (Å²) in [5.41, 5.74) is 2.80. The zero-order chi connectivity index (χ0) is 18.0. The van der Waals surface area contributed by atoms with Gasteiger partial charge in [0.15, 0.2) is 0 Å². The second-order valence-electron chi connectivity index (χ2n) is 7.17. The summed E-state index contributed by atoms with van der Waals surface area (Å²) in [4.78, 5) is 28.9. The zero-order valence-corrected chi connectivity index (χ0v) is 14.9. The molecule has 1 fully saturated rings. The summed E-state index contributed by atoms with van der Waals surface area (Å²) in [7, 11) is 0. The molecule has 0 radical (unpaired) electrons. The number of hydrogen-bond acceptors (Lipinski definition) is 2. The smallest absolute Gasteiger partial charge is 0.253 e. The van der Waals surface area contributed by atoms with Gasteiger partial charge in [0.05, 0.1) is 12.5 Å². The van der Waals surface area contributed by atoms with Crippen LogP contribution in [0.2, 0.25) is 0 Å². The van der Waals surface area contributed by atoms with E-state index >= 15 is 0 Å². The molecule has 0 aliphatic carbocycles. The Morgan fingerprint density at radius 3 is 2.48 bits per heavy atom. The summed E-state index contributed by atoms with van der Waals surface area (Å²) in [6, 6.07) is 5.83. The molecule has 4 nitrogen and oxygen atoms in total. The van der Waals surface area contributed by atoms with Gasteiger partial charge in [-0.3, -0.25) is 9.59 Å². The van der Waals surface area contributed by atoms with Crippen molar-refractivity contribution < 1.29 is 14.0 Å². The fourth-order valence-corrected chi connectivity index (χ4v) is 3.79. The molecule has 0 bridgehead atoms. The van der Waals surface area contributed by atoms with E-state index in [4.69, 9.17) is 0 Å². The number of likely N-dealkylation sites (tertiary alicyclic amines) is 1. The molecule has 1 saturated heterocycles. The number of halogens is 1. The van der Waals surface area contributed by atoms with E-state index in [1.807, 2.05) is 32.0 Å². The highest BCUT2D eigenvalue weighted by atomic mass is 19.1. The van der Waals surface area contributed by atoms with E-state index in [2.05, 4.69) is 0 Å². The zero-order valence-electron chi connectivity index (χ0n) is 14.9. The monoisotopic (exact) mass is 344 g/mol. The van der Waals surface area contributed by atoms with Crippen LogP contribution in [0.1, 0.15) is 40.7 Å². The Labute approximate surface area is 148 Å². The molecule has 2 amide bonds. The van der Waals surface area contributed by atoms with Crippen molar-refractivity contribution in [1.29, 1.82) is 0 Å². The molecular weight excluding hydrogens is 319 g/mol. The summed E-state index contributed by atoms with van der Waals surface area (Å²) < 4.78 is 13.5. The minimum absolute atomic E-state index is 0.0194. The van der Waals surface area contributed by atoms with Gasteiger partial charge >= 0.3 is 0 Å². The summed E-state index contributed by atoms with van der Waals surface area (Å²) in [6.45, 7) is 5.68. The molecule has 0 saturated carbocycles. The van der Waals surface area contributed by atoms with Crippen LogP contribution in [0.3, 0.4) is 0 Å². The van der Waals surface area contributed by atoms with Crippen molar-refractivity contribution >= 4 is 11.8 Å². The van der Waals surface area contributed by atoms with Crippen LogP contribution in [0.5, 0.6) is 0 Å². The maximum absolute atomic E-state index is 13.5. The van der Waals surface area contributed by atoms with Crippen LogP contribution in [0, 0.1) is 19.8 Å². The topological polar surface area (TPSA) is 40.6 Å². The van der Waals surface area contributed by atoms with E-state index < -0.39 is 0 Å². The third-order valence-corrected chi connectivity index (χ3v) is 4.94. The number of amides is 2. The normalized spacial score (nSPS) is 21.1. The first kappa shape index (κ1) is 17.6. The third kappa shape index (κ3) is 4.09. The van der Waals surface area contributed by atoms with Crippen LogP contribution in [-0.4, -0.2) is 47.8 Å². The van der Waals surface area contributed by atoms with Gasteiger partial charge in [0.2, 0.25) is 5.91 Å². The number of benzene rings is 1. The maximum Gasteiger partial charge on any atom is 0.253 e. The molecule has 1 atom stereocenters. The largest absolute Gasteiger partial charge is 0.338 e. The molecule has 3 rings (SSSR count). The fraction of sp³-hybridized carbons (Fsp3) is 0.500. The first-order chi connectivity index (χ1) is 11.9. The van der Waals surface area contributed by atoms with Crippen molar-refractivity contribution in [3.05, 3.63) is 46.8 Å². The molecule has 0 N–H and O–H groups in total. The molecule has 2 aliphatic rings. The Bertz CT molecular complexity index is 693. The second-order valence-corrected chi connectivity index (χ2v) is 7.17. The standard InChI is InChI=1S/C20H25FN2O2/c1-14-9-15(2)11-17(10-14)20(25)22-7-3-5-16(12-22)19(24)23-8-4-6-18(21)13-23/h6,9-11,16H,3-5,7-8,12-13H2,1-2H3. The molecule has 5 heteroatoms. The van der Waals surface area contributed by atoms with Gasteiger partial charge in [-0.05, 0) is 51.3 Å². The van der Waals surface area contributed by atoms with E-state index in [0.29, 0.717) is 31.6 Å². The maximum atomic E-state index is 13.5. The Morgan fingerprint density at radius 1 is 1.08 bits per heavy atom. The van der Waals surface area contributed by atoms with E-state index in [1.54, 1.807) is 15.9 Å². The van der Waals surface area contributed by atoms with Crippen molar-refractivity contribution in [2.75, 3.05) is 26.2 Å². The number of aryl methyl sites for hydroxylation is 2. The number of piperidine rings is 1. The Kier molecular flexibility index (Phi) is 5.21. The van der Waals surface area contributed by atoms with Crippen LogP contribution in [0.25, 0.3) is 0 Å². The van der Waals surface area contributed by atoms with E-state index in [1.165, 1.54) is 0 Å². The molecule has 25 heavy (non-hydrogen) atoms. The highest BCUT2D eigenvalue weighted by molar-refractivity contribution is 5.95. The lowest BCUT2D eigenvalue weighted by atomic mass is 9.95. The Hall–Kier alpha value is -2.17. The fourth-order valence-electron chi connectivity index (χ4n) is 3.79. The number of rotatable bonds is 2. The first-order valence-electron chi connectivity index (χ1n) is 8.95. The molecule has 2 heterocycles. The SMILES string of the molecule is Cc1cc(C)cc(C(=O)N2CCCC(C(=O)N3CCC=C(F)C3)C2)c1. The van der Waals surface area contributed by atoms with Crippen LogP contribution in [-0.2, 0) is 4.79 Å². The average Bonchev–Trinajstić information content (AvgIpc) is 2.59. The van der Waals surface area contributed by atoms with E-state index in [-0.39, 0.29) is 30.1 Å². The molecule has 0 spiro atoms. The van der Waals surface area contributed by atoms with Gasteiger partial charge in [-0.1, -0.05) is 17.2 Å². The van der Waals surface area contributed by atoms with Gasteiger partial charge in [0.25, 0.3) is 5.91 Å². The number of nitrogens with zero attached hydrogens (tertiary/aromatic N) is 2. The predicted molar refractivity (Wildman–Crippen MR) is 94.9 cm³/mol. The van der Waals surface area contributed by atoms with Crippen molar-refractivity contribution in [2.45, 2.75) is 33.1 Å². The minimum Gasteiger partial charge on any atom is -0.338 e. The molecule has 0 aromatic heterocycles. The lowest BCUT2D eigenvalue weighted by Gasteiger charge is -2.35. The lowest BCUT2D eigenvalue weighted by Crippen LogP contribution is -2.47. The molecule has 2 aliphatic heterocycles. The van der Waals surface area contributed by atoms with Gasteiger partial charge in [-0.2, -0.15) is 0 Å². The van der Waals surface area contributed by atoms with Gasteiger partial charge in [-0.25, -0.2) is 4.39 Å². The van der Waals surface area contributed by atoms with E-state index in [9.17, 15) is 14.0 Å². The third-order valence-electron chi connectivity index (χ3n) is 4.94. The lowest BCUT2D eigenvalue weighted by molar-refractivity contribution is -0.137. The number of carbonyl (C=O) groups is 2. The quantitative estimate of drug-likeness (QED) is 0.826. The summed E-state index contributed by atoms with van der Waals surface area (Å²) in [5.74, 6) is -0.511. The summed E-state index contributed by atoms with van der Waals surface area (Å²) in [5, 5.41) is 0. The Morgan fingerprint density at radius 2 is 1.80 bits per heavy atom. The predicted octanol–water partition coefficient (Wildman–Crippen LogP) is 3.24. The van der Waals surface area contributed by atoms with Crippen molar-refractivity contribution in [3.8, 4) is 0 Å². The van der Waals surface area contributed by atoms with Crippen molar-refractivity contribution in [3.63, 3.8) is 0 Å². The molecule has 1 aromatic carbocycles. The van der Waals surface area contributed by atoms with Crippen LogP contribution < -0.4 is 0 Å². The molecular formula is C20H25FN2O2. The van der Waals surface area contributed by atoms with Crippen LogP contribution >= 0.6 is 0 Å². The van der Waals surface area contributed by atoms with Crippen LogP contribution in [0.15, 0.2) is 30.1 Å². The molecule has 1 unspecified atom stereocenters. The molecule has 1 aromatic rings.